The summed E-state index contributed by atoms with van der Waals surface area (Å²) in [5.41, 5.74) is 6.49. The number of nitrogens with zero attached hydrogens (tertiary/aromatic N) is 4. The smallest absolute Gasteiger partial charge is 0.239 e. The second-order valence-electron chi connectivity index (χ2n) is 3.05. The van der Waals surface area contributed by atoms with E-state index >= 15 is 0 Å². The van der Waals surface area contributed by atoms with Gasteiger partial charge in [-0.2, -0.15) is 0 Å². The van der Waals surface area contributed by atoms with Gasteiger partial charge in [0.15, 0.2) is 0 Å². The number of aromatic nitrogens is 4. The van der Waals surface area contributed by atoms with Crippen LogP contribution in [0.2, 0.25) is 0 Å². The summed E-state index contributed by atoms with van der Waals surface area (Å²) in [6.45, 7) is 4.71. The molecule has 0 aliphatic carbocycles. The van der Waals surface area contributed by atoms with E-state index in [9.17, 15) is 0 Å². The second kappa shape index (κ2) is 3.38. The molecule has 0 amide bonds. The van der Waals surface area contributed by atoms with Crippen molar-refractivity contribution in [1.29, 1.82) is 0 Å². The first-order valence-corrected chi connectivity index (χ1v) is 5.04. The zero-order chi connectivity index (χ0) is 10.1. The zero-order valence-corrected chi connectivity index (χ0v) is 8.88. The van der Waals surface area contributed by atoms with Crippen LogP contribution in [0, 0.1) is 13.8 Å². The molecule has 0 unspecified atom stereocenters. The van der Waals surface area contributed by atoms with Crippen LogP contribution in [0.25, 0.3) is 0 Å². The lowest BCUT2D eigenvalue weighted by molar-refractivity contribution is 0.683. The van der Waals surface area contributed by atoms with E-state index in [1.165, 1.54) is 4.88 Å². The second-order valence-corrected chi connectivity index (χ2v) is 4.34. The van der Waals surface area contributed by atoms with Crippen LogP contribution >= 0.6 is 11.3 Å². The summed E-state index contributed by atoms with van der Waals surface area (Å²) in [6.07, 6.45) is 1.61. The highest BCUT2D eigenvalue weighted by atomic mass is 32.1. The minimum absolute atomic E-state index is 0.301. The molecule has 2 aromatic rings. The van der Waals surface area contributed by atoms with Gasteiger partial charge in [0.2, 0.25) is 5.95 Å². The van der Waals surface area contributed by atoms with Crippen molar-refractivity contribution in [2.24, 2.45) is 0 Å². The van der Waals surface area contributed by atoms with E-state index in [4.69, 9.17) is 5.73 Å². The van der Waals surface area contributed by atoms with Crippen molar-refractivity contribution in [2.45, 2.75) is 20.4 Å². The maximum absolute atomic E-state index is 5.41. The highest BCUT2D eigenvalue weighted by Gasteiger charge is 2.05. The quantitative estimate of drug-likeness (QED) is 0.800. The first-order chi connectivity index (χ1) is 6.65. The number of nitrogens with two attached hydrogens (primary N) is 1. The number of anilines is 1. The van der Waals surface area contributed by atoms with Gasteiger partial charge in [-0.3, -0.25) is 0 Å². The lowest BCUT2D eigenvalue weighted by Gasteiger charge is -1.93. The zero-order valence-electron chi connectivity index (χ0n) is 8.06. The molecule has 0 fully saturated rings. The Labute approximate surface area is 85.6 Å². The van der Waals surface area contributed by atoms with Crippen LogP contribution in [0.4, 0.5) is 5.95 Å². The normalized spacial score (nSPS) is 10.7. The molecule has 0 radical (unpaired) electrons. The van der Waals surface area contributed by atoms with Gasteiger partial charge >= 0.3 is 0 Å². The van der Waals surface area contributed by atoms with Crippen LogP contribution in [0.3, 0.4) is 0 Å². The van der Waals surface area contributed by atoms with Crippen LogP contribution in [-0.4, -0.2) is 19.7 Å². The van der Waals surface area contributed by atoms with Gasteiger partial charge in [0.05, 0.1) is 12.2 Å². The largest absolute Gasteiger partial charge is 0.367 e. The maximum Gasteiger partial charge on any atom is 0.239 e. The van der Waals surface area contributed by atoms with Gasteiger partial charge in [0.1, 0.15) is 11.3 Å². The molecular weight excluding hydrogens is 198 g/mol. The molecule has 0 spiro atoms. The Morgan fingerprint density at radius 1 is 1.50 bits per heavy atom. The van der Waals surface area contributed by atoms with E-state index in [2.05, 4.69) is 22.0 Å². The van der Waals surface area contributed by atoms with Crippen molar-refractivity contribution < 1.29 is 0 Å². The van der Waals surface area contributed by atoms with E-state index in [-0.39, 0.29) is 0 Å². The predicted octanol–water partition coefficient (Wildman–Crippen LogP) is 0.982. The van der Waals surface area contributed by atoms with Crippen LogP contribution in [0.1, 0.15) is 15.6 Å². The lowest BCUT2D eigenvalue weighted by atomic mass is 10.4. The molecule has 0 aliphatic heterocycles. The van der Waals surface area contributed by atoms with Gasteiger partial charge in [-0.15, -0.1) is 16.4 Å². The molecule has 0 bridgehead atoms. The summed E-state index contributed by atoms with van der Waals surface area (Å²) in [5.74, 6) is 0.301. The standard InChI is InChI=1S/C8H11N5S/c1-5-6(2)14-7(11-5)3-13-4-10-8(9)12-13/h4H,3H2,1-2H3,(H2,9,12). The molecule has 0 saturated heterocycles. The van der Waals surface area contributed by atoms with E-state index in [1.807, 2.05) is 6.92 Å². The van der Waals surface area contributed by atoms with E-state index in [1.54, 1.807) is 22.3 Å². The summed E-state index contributed by atoms with van der Waals surface area (Å²) in [5, 5.41) is 5.03. The number of nitrogen functional groups attached to an aromatic ring is 1. The molecule has 2 N–H and O–H groups in total. The maximum atomic E-state index is 5.41. The Kier molecular flexibility index (Phi) is 2.20. The topological polar surface area (TPSA) is 69.6 Å². The number of rotatable bonds is 2. The van der Waals surface area contributed by atoms with Crippen LogP contribution in [0.15, 0.2) is 6.33 Å². The monoisotopic (exact) mass is 209 g/mol. The molecule has 2 heterocycles. The van der Waals surface area contributed by atoms with Crippen molar-refractivity contribution >= 4 is 17.3 Å². The Hall–Kier alpha value is -1.43. The Bertz CT molecular complexity index is 425. The van der Waals surface area contributed by atoms with Gasteiger partial charge in [-0.25, -0.2) is 14.6 Å². The third-order valence-electron chi connectivity index (χ3n) is 1.92. The minimum Gasteiger partial charge on any atom is -0.367 e. The summed E-state index contributed by atoms with van der Waals surface area (Å²) in [6, 6.07) is 0. The van der Waals surface area contributed by atoms with Gasteiger partial charge < -0.3 is 5.73 Å². The lowest BCUT2D eigenvalue weighted by Crippen LogP contribution is -2.00. The molecule has 0 aromatic carbocycles. The molecule has 2 aromatic heterocycles. The van der Waals surface area contributed by atoms with Crippen LogP contribution < -0.4 is 5.73 Å². The molecule has 14 heavy (non-hydrogen) atoms. The molecule has 74 valence electrons. The van der Waals surface area contributed by atoms with Gasteiger partial charge in [-0.1, -0.05) is 0 Å². The highest BCUT2D eigenvalue weighted by Crippen LogP contribution is 2.16. The molecule has 0 saturated carbocycles. The SMILES string of the molecule is Cc1nc(Cn2cnc(N)n2)sc1C. The van der Waals surface area contributed by atoms with E-state index in [0.29, 0.717) is 12.5 Å². The summed E-state index contributed by atoms with van der Waals surface area (Å²) < 4.78 is 1.69. The molecule has 6 heteroatoms. The van der Waals surface area contributed by atoms with Crippen LogP contribution in [0.5, 0.6) is 0 Å². The highest BCUT2D eigenvalue weighted by molar-refractivity contribution is 7.11. The fraction of sp³-hybridized carbons (Fsp3) is 0.375. The van der Waals surface area contributed by atoms with Crippen molar-refractivity contribution in [3.8, 4) is 0 Å². The summed E-state index contributed by atoms with van der Waals surface area (Å²) in [7, 11) is 0. The van der Waals surface area contributed by atoms with Crippen LogP contribution in [-0.2, 0) is 6.54 Å². The van der Waals surface area contributed by atoms with E-state index < -0.39 is 0 Å². The molecule has 5 nitrogen and oxygen atoms in total. The third-order valence-corrected chi connectivity index (χ3v) is 2.98. The number of hydrogen-bond acceptors (Lipinski definition) is 5. The van der Waals surface area contributed by atoms with Gasteiger partial charge in [-0.05, 0) is 13.8 Å². The van der Waals surface area contributed by atoms with E-state index in [0.717, 1.165) is 10.7 Å². The summed E-state index contributed by atoms with van der Waals surface area (Å²) >= 11 is 1.68. The van der Waals surface area contributed by atoms with Crippen molar-refractivity contribution in [3.05, 3.63) is 21.9 Å². The average molecular weight is 209 g/mol. The van der Waals surface area contributed by atoms with Crippen molar-refractivity contribution in [3.63, 3.8) is 0 Å². The third kappa shape index (κ3) is 1.74. The van der Waals surface area contributed by atoms with Crippen molar-refractivity contribution in [2.75, 3.05) is 5.73 Å². The fourth-order valence-corrected chi connectivity index (χ4v) is 2.06. The molecule has 2 rings (SSSR count). The molecule has 0 aliphatic rings. The first-order valence-electron chi connectivity index (χ1n) is 4.23. The molecule has 0 atom stereocenters. The Morgan fingerprint density at radius 3 is 2.79 bits per heavy atom. The Morgan fingerprint density at radius 2 is 2.29 bits per heavy atom. The fourth-order valence-electron chi connectivity index (χ4n) is 1.13. The average Bonchev–Trinajstić information content (AvgIpc) is 2.62. The predicted molar refractivity (Wildman–Crippen MR) is 55.1 cm³/mol. The van der Waals surface area contributed by atoms with Gasteiger partial charge in [0, 0.05) is 4.88 Å². The number of thiazole rings is 1. The first kappa shape index (κ1) is 9.14. The van der Waals surface area contributed by atoms with Gasteiger partial charge in [0.25, 0.3) is 0 Å². The minimum atomic E-state index is 0.301. The number of aryl methyl sites for hydroxylation is 2. The number of hydrogen-bond donors (Lipinski definition) is 1. The van der Waals surface area contributed by atoms with Crippen molar-refractivity contribution in [1.82, 2.24) is 19.7 Å². The Balaban J connectivity index is 2.18. The summed E-state index contributed by atoms with van der Waals surface area (Å²) in [4.78, 5) is 9.50. The molecular formula is C8H11N5S.